The van der Waals surface area contributed by atoms with Crippen LogP contribution >= 0.6 is 0 Å². The molecule has 1 N–H and O–H groups in total. The quantitative estimate of drug-likeness (QED) is 0.762. The number of rotatable bonds is 3. The highest BCUT2D eigenvalue weighted by Gasteiger charge is 2.30. The molecule has 0 heterocycles. The van der Waals surface area contributed by atoms with E-state index < -0.39 is 5.60 Å². The van der Waals surface area contributed by atoms with Crippen LogP contribution in [0, 0.1) is 0 Å². The second kappa shape index (κ2) is 4.75. The van der Waals surface area contributed by atoms with Gasteiger partial charge in [-0.05, 0) is 26.7 Å². The highest BCUT2D eigenvalue weighted by Crippen LogP contribution is 2.16. The molecule has 4 nitrogen and oxygen atoms in total. The summed E-state index contributed by atoms with van der Waals surface area (Å²) in [4.78, 5) is 22.7. The minimum Gasteiger partial charge on any atom is -0.369 e. The van der Waals surface area contributed by atoms with Gasteiger partial charge in [0, 0.05) is 26.0 Å². The lowest BCUT2D eigenvalue weighted by molar-refractivity contribution is -0.141. The van der Waals surface area contributed by atoms with Crippen LogP contribution in [0.2, 0.25) is 0 Å². The van der Waals surface area contributed by atoms with E-state index in [-0.39, 0.29) is 11.9 Å². The van der Waals surface area contributed by atoms with Crippen molar-refractivity contribution in [1.82, 2.24) is 5.32 Å². The first kappa shape index (κ1) is 12.2. The third-order valence-electron chi connectivity index (χ3n) is 2.94. The van der Waals surface area contributed by atoms with Crippen LogP contribution in [0.3, 0.4) is 0 Å². The first-order chi connectivity index (χ1) is 6.95. The number of nitrogens with one attached hydrogen (secondary N) is 1. The van der Waals surface area contributed by atoms with E-state index in [1.54, 1.807) is 13.8 Å². The van der Waals surface area contributed by atoms with Crippen molar-refractivity contribution >= 4 is 11.7 Å². The van der Waals surface area contributed by atoms with Crippen molar-refractivity contribution in [3.63, 3.8) is 0 Å². The van der Waals surface area contributed by atoms with Gasteiger partial charge in [-0.15, -0.1) is 0 Å². The molecule has 1 aliphatic carbocycles. The van der Waals surface area contributed by atoms with Gasteiger partial charge in [-0.3, -0.25) is 9.59 Å². The molecule has 0 aromatic rings. The van der Waals surface area contributed by atoms with Crippen molar-refractivity contribution in [1.29, 1.82) is 0 Å². The first-order valence-corrected chi connectivity index (χ1v) is 5.33. The van der Waals surface area contributed by atoms with Crippen LogP contribution in [0.5, 0.6) is 0 Å². The molecule has 0 spiro atoms. The van der Waals surface area contributed by atoms with Gasteiger partial charge in [0.15, 0.2) is 0 Å². The summed E-state index contributed by atoms with van der Waals surface area (Å²) in [5.74, 6) is 0.191. The molecule has 1 amide bonds. The van der Waals surface area contributed by atoms with Gasteiger partial charge >= 0.3 is 0 Å². The molecule has 0 bridgehead atoms. The Kier molecular flexibility index (Phi) is 3.85. The van der Waals surface area contributed by atoms with Gasteiger partial charge in [0.25, 0.3) is 5.91 Å². The zero-order valence-corrected chi connectivity index (χ0v) is 9.63. The predicted molar refractivity (Wildman–Crippen MR) is 56.5 cm³/mol. The number of hydrogen-bond donors (Lipinski definition) is 1. The highest BCUT2D eigenvalue weighted by atomic mass is 16.5. The molecule has 1 rings (SSSR count). The van der Waals surface area contributed by atoms with Gasteiger partial charge in [0.05, 0.1) is 0 Å². The molecule has 0 radical (unpaired) electrons. The summed E-state index contributed by atoms with van der Waals surface area (Å²) >= 11 is 0. The largest absolute Gasteiger partial charge is 0.369 e. The molecule has 0 aromatic carbocycles. The Morgan fingerprint density at radius 1 is 1.40 bits per heavy atom. The van der Waals surface area contributed by atoms with Crippen molar-refractivity contribution in [3.05, 3.63) is 0 Å². The molecule has 0 atom stereocenters. The van der Waals surface area contributed by atoms with Crippen molar-refractivity contribution in [2.24, 2.45) is 0 Å². The normalized spacial score (nSPS) is 19.0. The fraction of sp³-hybridized carbons (Fsp3) is 0.818. The van der Waals surface area contributed by atoms with E-state index >= 15 is 0 Å². The minimum absolute atomic E-state index is 0.107. The molecular formula is C11H19NO3. The van der Waals surface area contributed by atoms with Crippen LogP contribution in [-0.2, 0) is 14.3 Å². The van der Waals surface area contributed by atoms with Crippen LogP contribution in [0.15, 0.2) is 0 Å². The Morgan fingerprint density at radius 3 is 2.40 bits per heavy atom. The fourth-order valence-corrected chi connectivity index (χ4v) is 1.54. The van der Waals surface area contributed by atoms with Gasteiger partial charge in [-0.1, -0.05) is 0 Å². The van der Waals surface area contributed by atoms with E-state index in [1.807, 2.05) is 0 Å². The average Bonchev–Trinajstić information content (AvgIpc) is 2.21. The zero-order valence-electron chi connectivity index (χ0n) is 9.63. The molecular weight excluding hydrogens is 194 g/mol. The van der Waals surface area contributed by atoms with Crippen LogP contribution in [0.4, 0.5) is 0 Å². The summed E-state index contributed by atoms with van der Waals surface area (Å²) in [6.07, 6.45) is 2.67. The lowest BCUT2D eigenvalue weighted by atomic mass is 9.93. The molecule has 0 saturated heterocycles. The van der Waals surface area contributed by atoms with E-state index in [2.05, 4.69) is 5.32 Å². The SMILES string of the molecule is COC(C)(C)C(=O)NC1CCC(=O)CC1. The zero-order chi connectivity index (χ0) is 11.5. The molecule has 86 valence electrons. The van der Waals surface area contributed by atoms with Crippen LogP contribution in [0.1, 0.15) is 39.5 Å². The Labute approximate surface area is 90.4 Å². The summed E-state index contributed by atoms with van der Waals surface area (Å²) in [5, 5.41) is 2.91. The minimum atomic E-state index is -0.790. The molecule has 0 aromatic heterocycles. The van der Waals surface area contributed by atoms with Crippen molar-refractivity contribution in [2.45, 2.75) is 51.2 Å². The topological polar surface area (TPSA) is 55.4 Å². The summed E-state index contributed by atoms with van der Waals surface area (Å²) < 4.78 is 5.08. The standard InChI is InChI=1S/C11H19NO3/c1-11(2,15-3)10(14)12-8-4-6-9(13)7-5-8/h8H,4-7H2,1-3H3,(H,12,14). The lowest BCUT2D eigenvalue weighted by Crippen LogP contribution is -2.48. The Morgan fingerprint density at radius 2 is 1.93 bits per heavy atom. The van der Waals surface area contributed by atoms with E-state index in [0.717, 1.165) is 12.8 Å². The molecule has 1 fully saturated rings. The van der Waals surface area contributed by atoms with Crippen molar-refractivity contribution in [2.75, 3.05) is 7.11 Å². The molecule has 15 heavy (non-hydrogen) atoms. The monoisotopic (exact) mass is 213 g/mol. The number of methoxy groups -OCH3 is 1. The maximum atomic E-state index is 11.7. The Balaban J connectivity index is 2.42. The van der Waals surface area contributed by atoms with Gasteiger partial charge in [-0.25, -0.2) is 0 Å². The summed E-state index contributed by atoms with van der Waals surface area (Å²) in [6.45, 7) is 3.46. The molecule has 0 unspecified atom stereocenters. The van der Waals surface area contributed by atoms with E-state index in [9.17, 15) is 9.59 Å². The second-order valence-electron chi connectivity index (χ2n) is 4.50. The average molecular weight is 213 g/mol. The third-order valence-corrected chi connectivity index (χ3v) is 2.94. The van der Waals surface area contributed by atoms with Gasteiger partial charge in [0.1, 0.15) is 11.4 Å². The third kappa shape index (κ3) is 3.30. The number of carbonyl (C=O) groups is 2. The smallest absolute Gasteiger partial charge is 0.251 e. The number of amides is 1. The van der Waals surface area contributed by atoms with Crippen LogP contribution in [-0.4, -0.2) is 30.4 Å². The first-order valence-electron chi connectivity index (χ1n) is 5.33. The molecule has 4 heteroatoms. The summed E-state index contributed by atoms with van der Waals surface area (Å²) in [6, 6.07) is 0.129. The maximum absolute atomic E-state index is 11.7. The Bertz CT molecular complexity index is 251. The molecule has 1 aliphatic rings. The second-order valence-corrected chi connectivity index (χ2v) is 4.50. The Hall–Kier alpha value is -0.900. The van der Waals surface area contributed by atoms with E-state index in [4.69, 9.17) is 4.74 Å². The summed E-state index contributed by atoms with van der Waals surface area (Å²) in [7, 11) is 1.52. The van der Waals surface area contributed by atoms with E-state index in [0.29, 0.717) is 18.6 Å². The van der Waals surface area contributed by atoms with Gasteiger partial charge in [-0.2, -0.15) is 0 Å². The van der Waals surface area contributed by atoms with Crippen LogP contribution < -0.4 is 5.32 Å². The molecule has 0 aliphatic heterocycles. The number of carbonyl (C=O) groups excluding carboxylic acids is 2. The van der Waals surface area contributed by atoms with Crippen molar-refractivity contribution in [3.8, 4) is 0 Å². The number of Topliss-reactive ketones (excluding diaryl/α,β-unsaturated/α-hetero) is 1. The predicted octanol–water partition coefficient (Wildman–Crippen LogP) is 1.04. The van der Waals surface area contributed by atoms with Gasteiger partial charge < -0.3 is 10.1 Å². The fourth-order valence-electron chi connectivity index (χ4n) is 1.54. The summed E-state index contributed by atoms with van der Waals surface area (Å²) in [5.41, 5.74) is -0.790. The molecule has 1 saturated carbocycles. The number of ketones is 1. The van der Waals surface area contributed by atoms with Gasteiger partial charge in [0.2, 0.25) is 0 Å². The van der Waals surface area contributed by atoms with Crippen LogP contribution in [0.25, 0.3) is 0 Å². The number of ether oxygens (including phenoxy) is 1. The lowest BCUT2D eigenvalue weighted by Gasteiger charge is -2.27. The maximum Gasteiger partial charge on any atom is 0.251 e. The van der Waals surface area contributed by atoms with E-state index in [1.165, 1.54) is 7.11 Å². The highest BCUT2D eigenvalue weighted by molar-refractivity contribution is 5.85. The number of hydrogen-bond acceptors (Lipinski definition) is 3. The van der Waals surface area contributed by atoms with Crippen molar-refractivity contribution < 1.29 is 14.3 Å².